The van der Waals surface area contributed by atoms with Gasteiger partial charge in [-0.05, 0) is 102 Å². The molecular formula is C65H60N4S3. The topological polar surface area (TPSA) is 56.7 Å². The molecule has 0 atom stereocenters. The first-order valence-electron chi connectivity index (χ1n) is 25.1. The maximum atomic E-state index is 5.17. The molecule has 0 fully saturated rings. The molecule has 5 aromatic carbocycles. The third-order valence-electron chi connectivity index (χ3n) is 13.0. The summed E-state index contributed by atoms with van der Waals surface area (Å²) in [6, 6.07) is 39.8. The first kappa shape index (κ1) is 49.8. The largest absolute Gasteiger partial charge is 0.316 e. The number of aromatic nitrogens is 3. The molecule has 0 bridgehead atoms. The zero-order valence-corrected chi connectivity index (χ0v) is 44.2. The Balaban J connectivity index is 0.00000103. The molecule has 12 rings (SSSR count). The number of fused-ring (bicyclic) bond motifs is 8. The van der Waals surface area contributed by atoms with Crippen molar-refractivity contribution in [2.75, 3.05) is 0 Å². The minimum atomic E-state index is 0.728. The monoisotopic (exact) mass is 992 g/mol. The number of nitrogens with two attached hydrogens (primary N) is 1. The third-order valence-corrected chi connectivity index (χ3v) is 15.4. The zero-order chi connectivity index (χ0) is 50.0. The zero-order valence-electron chi connectivity index (χ0n) is 41.6. The summed E-state index contributed by atoms with van der Waals surface area (Å²) >= 11 is 6.81. The molecule has 0 amide bonds. The van der Waals surface area contributed by atoms with E-state index >= 15 is 0 Å². The van der Waals surface area contributed by atoms with Crippen LogP contribution in [0.25, 0.3) is 98.3 Å². The van der Waals surface area contributed by atoms with Crippen molar-refractivity contribution < 1.29 is 0 Å². The Morgan fingerprint density at radius 2 is 1.42 bits per heavy atom. The van der Waals surface area contributed by atoms with E-state index in [0.717, 1.165) is 70.8 Å². The van der Waals surface area contributed by atoms with Crippen LogP contribution in [0.4, 0.5) is 0 Å². The van der Waals surface area contributed by atoms with E-state index in [9.17, 15) is 0 Å². The van der Waals surface area contributed by atoms with Gasteiger partial charge in [0.25, 0.3) is 0 Å². The van der Waals surface area contributed by atoms with Crippen LogP contribution in [0.1, 0.15) is 75.6 Å². The molecule has 72 heavy (non-hydrogen) atoms. The molecule has 0 spiro atoms. The van der Waals surface area contributed by atoms with E-state index in [2.05, 4.69) is 230 Å². The average Bonchev–Trinajstić information content (AvgIpc) is 3.97. The van der Waals surface area contributed by atoms with Crippen LogP contribution in [0, 0.1) is 0 Å². The molecule has 0 saturated carbocycles. The molecule has 0 unspecified atom stereocenters. The Labute approximate surface area is 438 Å². The van der Waals surface area contributed by atoms with Crippen LogP contribution in [0.5, 0.6) is 0 Å². The van der Waals surface area contributed by atoms with Gasteiger partial charge in [-0.15, -0.1) is 35.5 Å². The van der Waals surface area contributed by atoms with Crippen LogP contribution in [0.2, 0.25) is 0 Å². The summed E-state index contributed by atoms with van der Waals surface area (Å²) in [5.41, 5.74) is 14.9. The highest BCUT2D eigenvalue weighted by Gasteiger charge is 2.21. The highest BCUT2D eigenvalue weighted by molar-refractivity contribution is 7.77. The van der Waals surface area contributed by atoms with Crippen molar-refractivity contribution in [3.8, 4) is 39.5 Å². The molecule has 0 saturated heterocycles. The van der Waals surface area contributed by atoms with Gasteiger partial charge >= 0.3 is 0 Å². The normalized spacial score (nSPS) is 14.0. The fraction of sp³-hybridized carbons (Fsp3) is 0.138. The number of benzene rings is 5. The summed E-state index contributed by atoms with van der Waals surface area (Å²) in [4.78, 5) is 11.7. The summed E-state index contributed by atoms with van der Waals surface area (Å²) in [5, 5.41) is 9.37. The predicted molar refractivity (Wildman–Crippen MR) is 321 cm³/mol. The number of rotatable bonds is 8. The van der Waals surface area contributed by atoms with Crippen molar-refractivity contribution in [2.45, 2.75) is 60.3 Å². The lowest BCUT2D eigenvalue weighted by atomic mass is 9.99. The van der Waals surface area contributed by atoms with E-state index in [1.165, 1.54) is 73.9 Å². The van der Waals surface area contributed by atoms with Crippen molar-refractivity contribution >= 4 is 94.4 Å². The van der Waals surface area contributed by atoms with Gasteiger partial charge in [0.05, 0.1) is 16.9 Å². The maximum absolute atomic E-state index is 5.17. The second-order valence-corrected chi connectivity index (χ2v) is 19.1. The van der Waals surface area contributed by atoms with Crippen molar-refractivity contribution in [3.05, 3.63) is 227 Å². The van der Waals surface area contributed by atoms with E-state index in [1.807, 2.05) is 56.4 Å². The first-order chi connectivity index (χ1) is 35.7. The summed E-state index contributed by atoms with van der Waals surface area (Å²) < 4.78 is 6.34. The van der Waals surface area contributed by atoms with Crippen LogP contribution in [0.3, 0.4) is 0 Å². The molecule has 4 heterocycles. The lowest BCUT2D eigenvalue weighted by molar-refractivity contribution is 1.03. The van der Waals surface area contributed by atoms with Crippen molar-refractivity contribution in [1.82, 2.24) is 14.5 Å². The molecule has 7 heteroatoms. The Morgan fingerprint density at radius 3 is 2.22 bits per heavy atom. The van der Waals surface area contributed by atoms with Crippen molar-refractivity contribution in [1.29, 1.82) is 0 Å². The van der Waals surface area contributed by atoms with Gasteiger partial charge in [-0.3, -0.25) is 5.14 Å². The Morgan fingerprint density at radius 1 is 0.653 bits per heavy atom. The third kappa shape index (κ3) is 10.0. The number of allylic oxidation sites excluding steroid dienone is 16. The number of thiophene rings is 2. The number of thiol groups is 1. The van der Waals surface area contributed by atoms with Gasteiger partial charge in [0.15, 0.2) is 5.82 Å². The molecule has 3 aliphatic rings. The fourth-order valence-electron chi connectivity index (χ4n) is 9.65. The SMILES string of the molecule is C/C=C(\C=C/c1cn(-c2cc(-c3ccc(-c4nc(C5=CCCC=C5)cc(-c5ccccc5)n4)cc3)c3sc4ccccc4c3c2)c2ccc3c4c(sc3c12)C=CC=CC4)C1=CCC=CC=C1.CC.CC.NS. The molecule has 4 aromatic heterocycles. The molecule has 0 aliphatic heterocycles. The minimum absolute atomic E-state index is 0.728. The molecular weight excluding hydrogens is 933 g/mol. The Kier molecular flexibility index (Phi) is 16.2. The maximum Gasteiger partial charge on any atom is 0.160 e. The summed E-state index contributed by atoms with van der Waals surface area (Å²) in [6.45, 7) is 10.1. The lowest BCUT2D eigenvalue weighted by Gasteiger charge is -2.13. The van der Waals surface area contributed by atoms with E-state index in [-0.39, 0.29) is 0 Å². The van der Waals surface area contributed by atoms with Gasteiger partial charge in [0.2, 0.25) is 0 Å². The highest BCUT2D eigenvalue weighted by atomic mass is 32.1. The van der Waals surface area contributed by atoms with E-state index in [0.29, 0.717) is 0 Å². The van der Waals surface area contributed by atoms with Gasteiger partial charge in [0, 0.05) is 69.3 Å². The van der Waals surface area contributed by atoms with Gasteiger partial charge in [-0.1, -0.05) is 192 Å². The van der Waals surface area contributed by atoms with Crippen molar-refractivity contribution in [3.63, 3.8) is 0 Å². The molecule has 3 aliphatic carbocycles. The first-order valence-corrected chi connectivity index (χ1v) is 27.3. The molecule has 0 radical (unpaired) electrons. The molecule has 358 valence electrons. The van der Waals surface area contributed by atoms with Crippen LogP contribution >= 0.6 is 35.5 Å². The Bertz CT molecular complexity index is 3690. The summed E-state index contributed by atoms with van der Waals surface area (Å²) in [5.74, 6) is 0.728. The fourth-order valence-corrected chi connectivity index (χ4v) is 12.2. The average molecular weight is 993 g/mol. The van der Waals surface area contributed by atoms with Crippen LogP contribution < -0.4 is 5.14 Å². The van der Waals surface area contributed by atoms with Crippen LogP contribution in [-0.2, 0) is 6.42 Å². The summed E-state index contributed by atoms with van der Waals surface area (Å²) in [7, 11) is 0. The summed E-state index contributed by atoms with van der Waals surface area (Å²) in [6.07, 6.45) is 39.8. The van der Waals surface area contributed by atoms with Crippen molar-refractivity contribution in [2.24, 2.45) is 5.14 Å². The van der Waals surface area contributed by atoms with Crippen LogP contribution in [0.15, 0.2) is 206 Å². The molecule has 9 aromatic rings. The van der Waals surface area contributed by atoms with Gasteiger partial charge < -0.3 is 4.57 Å². The molecule has 2 N–H and O–H groups in total. The van der Waals surface area contributed by atoms with E-state index in [1.54, 1.807) is 0 Å². The standard InChI is InChI=1S/C61H45N3S2.2C2H6.H3NS/c1-2-40(41-18-8-3-4-9-19-41)28-33-46-39-64(55-35-34-50-48-24-14-7-15-26-56(48)66-60(50)58(46)55)47-36-51(59-52(37-47)49-25-16-17-27-57(49)65-59)42-29-31-45(32-30-42)61-62-53(43-20-10-5-11-21-43)38-54(63-61)44-22-12-6-13-23-44;3*1-2/h2-5,7-8,10-12,14-23,25-39H,6,9,13,24H2,1H3;2*1-2H3;2H,1H2/b33-28-,40-2+;;;. The highest BCUT2D eigenvalue weighted by Crippen LogP contribution is 2.45. The van der Waals surface area contributed by atoms with Gasteiger partial charge in [-0.25, -0.2) is 9.97 Å². The number of hydrogen-bond acceptors (Lipinski definition) is 6. The second kappa shape index (κ2) is 23.4. The Hall–Kier alpha value is -7.13. The smallest absolute Gasteiger partial charge is 0.160 e. The van der Waals surface area contributed by atoms with E-state index in [4.69, 9.17) is 9.97 Å². The lowest BCUT2D eigenvalue weighted by Crippen LogP contribution is -1.98. The van der Waals surface area contributed by atoms with E-state index < -0.39 is 0 Å². The number of hydrogen-bond donors (Lipinski definition) is 2. The van der Waals surface area contributed by atoms with Crippen LogP contribution in [-0.4, -0.2) is 14.5 Å². The second-order valence-electron chi connectivity index (χ2n) is 17.0. The number of nitrogens with zero attached hydrogens (tertiary/aromatic N) is 3. The quantitative estimate of drug-likeness (QED) is 0.118. The van der Waals surface area contributed by atoms with Gasteiger partial charge in [-0.2, -0.15) is 0 Å². The minimum Gasteiger partial charge on any atom is -0.316 e. The predicted octanol–water partition coefficient (Wildman–Crippen LogP) is 19.1. The van der Waals surface area contributed by atoms with Gasteiger partial charge in [0.1, 0.15) is 0 Å². The molecule has 4 nitrogen and oxygen atoms in total.